The molecule has 33 heavy (non-hydrogen) atoms. The Kier molecular flexibility index (Phi) is 8.60. The van der Waals surface area contributed by atoms with E-state index in [1.165, 1.54) is 20.3 Å². The average Bonchev–Trinajstić information content (AvgIpc) is 2.83. The lowest BCUT2D eigenvalue weighted by Gasteiger charge is -2.31. The van der Waals surface area contributed by atoms with Crippen molar-refractivity contribution < 1.29 is 19.1 Å². The maximum atomic E-state index is 13.3. The van der Waals surface area contributed by atoms with E-state index in [4.69, 9.17) is 32.7 Å². The first-order valence-corrected chi connectivity index (χ1v) is 11.5. The highest BCUT2D eigenvalue weighted by atomic mass is 35.5. The fourth-order valence-electron chi connectivity index (χ4n) is 4.17. The van der Waals surface area contributed by atoms with Crippen LogP contribution in [-0.2, 0) is 4.79 Å². The SMILES string of the molecule is COc1ccc([C@@H](CC(=O)c2ccc(Cl)cc2Cl)[C@@H](C#N)C(=O)N2CCCCC2)cc1OC. The van der Waals surface area contributed by atoms with E-state index in [2.05, 4.69) is 6.07 Å². The Balaban J connectivity index is 2.00. The van der Waals surface area contributed by atoms with Crippen LogP contribution in [0.3, 0.4) is 0 Å². The zero-order valence-corrected chi connectivity index (χ0v) is 20.2. The number of benzene rings is 2. The van der Waals surface area contributed by atoms with Crippen LogP contribution in [0, 0.1) is 17.2 Å². The number of ether oxygens (including phenoxy) is 2. The molecule has 0 unspecified atom stereocenters. The quantitative estimate of drug-likeness (QED) is 0.457. The van der Waals surface area contributed by atoms with Gasteiger partial charge in [-0.1, -0.05) is 29.3 Å². The summed E-state index contributed by atoms with van der Waals surface area (Å²) in [5, 5.41) is 10.7. The Labute approximate surface area is 204 Å². The van der Waals surface area contributed by atoms with Gasteiger partial charge in [-0.05, 0) is 55.2 Å². The second-order valence-corrected chi connectivity index (χ2v) is 8.81. The molecule has 1 aliphatic heterocycles. The smallest absolute Gasteiger partial charge is 0.240 e. The number of Topliss-reactive ketones (excluding diaryl/α,β-unsaturated/α-hetero) is 1. The van der Waals surface area contributed by atoms with Crippen LogP contribution < -0.4 is 9.47 Å². The number of hydrogen-bond donors (Lipinski definition) is 0. The summed E-state index contributed by atoms with van der Waals surface area (Å²) in [7, 11) is 3.04. The van der Waals surface area contributed by atoms with E-state index in [0.29, 0.717) is 40.7 Å². The number of carbonyl (C=O) groups is 2. The Hall–Kier alpha value is -2.75. The molecule has 0 aliphatic carbocycles. The van der Waals surface area contributed by atoms with Crippen LogP contribution in [0.4, 0.5) is 0 Å². The van der Waals surface area contributed by atoms with Crippen molar-refractivity contribution in [3.63, 3.8) is 0 Å². The summed E-state index contributed by atoms with van der Waals surface area (Å²) < 4.78 is 10.7. The van der Waals surface area contributed by atoms with Crippen LogP contribution >= 0.6 is 23.2 Å². The van der Waals surface area contributed by atoms with Crippen LogP contribution in [0.5, 0.6) is 11.5 Å². The minimum Gasteiger partial charge on any atom is -0.493 e. The Morgan fingerprint density at radius 2 is 1.73 bits per heavy atom. The number of hydrogen-bond acceptors (Lipinski definition) is 5. The molecule has 0 aromatic heterocycles. The fraction of sp³-hybridized carbons (Fsp3) is 0.400. The lowest BCUT2D eigenvalue weighted by Crippen LogP contribution is -2.41. The molecule has 0 saturated carbocycles. The first-order chi connectivity index (χ1) is 15.9. The van der Waals surface area contributed by atoms with E-state index >= 15 is 0 Å². The highest BCUT2D eigenvalue weighted by Crippen LogP contribution is 2.37. The van der Waals surface area contributed by atoms with Crippen LogP contribution in [0.25, 0.3) is 0 Å². The number of likely N-dealkylation sites (tertiary alicyclic amines) is 1. The number of ketones is 1. The highest BCUT2D eigenvalue weighted by Gasteiger charge is 2.35. The number of methoxy groups -OCH3 is 2. The van der Waals surface area contributed by atoms with Gasteiger partial charge in [-0.15, -0.1) is 0 Å². The molecule has 1 saturated heterocycles. The number of carbonyl (C=O) groups excluding carboxylic acids is 2. The second kappa shape index (κ2) is 11.4. The molecular formula is C25H26Cl2N2O4. The van der Waals surface area contributed by atoms with Crippen molar-refractivity contribution in [3.05, 3.63) is 57.6 Å². The van der Waals surface area contributed by atoms with Gasteiger partial charge < -0.3 is 14.4 Å². The van der Waals surface area contributed by atoms with Gasteiger partial charge in [0.25, 0.3) is 0 Å². The summed E-state index contributed by atoms with van der Waals surface area (Å²) >= 11 is 12.2. The molecule has 0 spiro atoms. The monoisotopic (exact) mass is 488 g/mol. The Bertz CT molecular complexity index is 1060. The zero-order valence-electron chi connectivity index (χ0n) is 18.6. The third kappa shape index (κ3) is 5.79. The molecule has 2 aromatic carbocycles. The summed E-state index contributed by atoms with van der Waals surface area (Å²) in [6.45, 7) is 1.24. The molecule has 8 heteroatoms. The molecule has 6 nitrogen and oxygen atoms in total. The van der Waals surface area contributed by atoms with Gasteiger partial charge in [0, 0.05) is 36.0 Å². The Morgan fingerprint density at radius 1 is 1.03 bits per heavy atom. The number of rotatable bonds is 8. The number of piperidine rings is 1. The van der Waals surface area contributed by atoms with Crippen LogP contribution in [0.2, 0.25) is 10.0 Å². The van der Waals surface area contributed by atoms with Gasteiger partial charge >= 0.3 is 0 Å². The van der Waals surface area contributed by atoms with Crippen LogP contribution in [-0.4, -0.2) is 43.9 Å². The molecule has 1 amide bonds. The number of nitrogens with zero attached hydrogens (tertiary/aromatic N) is 2. The van der Waals surface area contributed by atoms with E-state index in [9.17, 15) is 14.9 Å². The lowest BCUT2D eigenvalue weighted by atomic mass is 9.81. The lowest BCUT2D eigenvalue weighted by molar-refractivity contribution is -0.135. The highest BCUT2D eigenvalue weighted by molar-refractivity contribution is 6.36. The molecule has 3 rings (SSSR count). The van der Waals surface area contributed by atoms with Crippen molar-refractivity contribution in [2.45, 2.75) is 31.6 Å². The van der Waals surface area contributed by atoms with E-state index < -0.39 is 11.8 Å². The predicted molar refractivity (Wildman–Crippen MR) is 127 cm³/mol. The maximum absolute atomic E-state index is 13.3. The largest absolute Gasteiger partial charge is 0.493 e. The van der Waals surface area contributed by atoms with Gasteiger partial charge in [0.05, 0.1) is 25.3 Å². The van der Waals surface area contributed by atoms with E-state index in [1.807, 2.05) is 0 Å². The Morgan fingerprint density at radius 3 is 2.33 bits per heavy atom. The second-order valence-electron chi connectivity index (χ2n) is 7.97. The number of halogens is 2. The molecule has 174 valence electrons. The zero-order chi connectivity index (χ0) is 24.0. The summed E-state index contributed by atoms with van der Waals surface area (Å²) in [6, 6.07) is 12.0. The van der Waals surface area contributed by atoms with Gasteiger partial charge in [0.15, 0.2) is 17.3 Å². The minimum atomic E-state index is -1.03. The minimum absolute atomic E-state index is 0.0748. The van der Waals surface area contributed by atoms with Crippen molar-refractivity contribution >= 4 is 34.9 Å². The van der Waals surface area contributed by atoms with Crippen LogP contribution in [0.15, 0.2) is 36.4 Å². The molecule has 1 fully saturated rings. The fourth-order valence-corrected chi connectivity index (χ4v) is 4.68. The van der Waals surface area contributed by atoms with Gasteiger partial charge in [0.1, 0.15) is 5.92 Å². The molecule has 0 N–H and O–H groups in total. The van der Waals surface area contributed by atoms with Gasteiger partial charge in [-0.2, -0.15) is 5.26 Å². The van der Waals surface area contributed by atoms with Gasteiger partial charge in [-0.25, -0.2) is 0 Å². The molecule has 1 aliphatic rings. The van der Waals surface area contributed by atoms with Crippen molar-refractivity contribution in [1.82, 2.24) is 4.90 Å². The number of nitriles is 1. The van der Waals surface area contributed by atoms with E-state index in [0.717, 1.165) is 19.3 Å². The molecule has 0 radical (unpaired) electrons. The average molecular weight is 489 g/mol. The van der Waals surface area contributed by atoms with Crippen molar-refractivity contribution in [1.29, 1.82) is 5.26 Å². The van der Waals surface area contributed by atoms with Gasteiger partial charge in [-0.3, -0.25) is 9.59 Å². The first kappa shape index (κ1) is 24.9. The molecule has 2 aromatic rings. The molecular weight excluding hydrogens is 463 g/mol. The van der Waals surface area contributed by atoms with Gasteiger partial charge in [0.2, 0.25) is 5.91 Å². The predicted octanol–water partition coefficient (Wildman–Crippen LogP) is 5.52. The molecule has 0 bridgehead atoms. The van der Waals surface area contributed by atoms with E-state index in [-0.39, 0.29) is 23.1 Å². The summed E-state index contributed by atoms with van der Waals surface area (Å²) in [4.78, 5) is 28.3. The standard InChI is InChI=1S/C25H26Cl2N2O4/c1-32-23-9-6-16(12-24(23)33-2)19(14-22(30)18-8-7-17(26)13-21(18)27)20(15-28)25(31)29-10-4-3-5-11-29/h6-9,12-13,19-20H,3-5,10-11,14H2,1-2H3/t19-,20-/m1/s1. The van der Waals surface area contributed by atoms with Crippen LogP contribution in [0.1, 0.15) is 47.5 Å². The topological polar surface area (TPSA) is 79.6 Å². The number of amides is 1. The third-order valence-corrected chi connectivity index (χ3v) is 6.50. The third-order valence-electron chi connectivity index (χ3n) is 5.95. The maximum Gasteiger partial charge on any atom is 0.240 e. The summed E-state index contributed by atoms with van der Waals surface area (Å²) in [5.41, 5.74) is 0.941. The van der Waals surface area contributed by atoms with Crippen molar-refractivity contribution in [3.8, 4) is 17.6 Å². The van der Waals surface area contributed by atoms with Crippen molar-refractivity contribution in [2.24, 2.45) is 5.92 Å². The summed E-state index contributed by atoms with van der Waals surface area (Å²) in [6.07, 6.45) is 2.80. The molecule has 1 heterocycles. The summed E-state index contributed by atoms with van der Waals surface area (Å²) in [5.74, 6) is -1.28. The first-order valence-electron chi connectivity index (χ1n) is 10.8. The molecule has 2 atom stereocenters. The van der Waals surface area contributed by atoms with E-state index in [1.54, 1.807) is 35.2 Å². The normalized spacial score (nSPS) is 15.3. The van der Waals surface area contributed by atoms with Crippen molar-refractivity contribution in [2.75, 3.05) is 27.3 Å².